The molecule has 1 N–H and O–H groups in total. The third-order valence-electron chi connectivity index (χ3n) is 4.31. The first kappa shape index (κ1) is 15.8. The van der Waals surface area contributed by atoms with Crippen molar-refractivity contribution in [1.29, 1.82) is 0 Å². The Morgan fingerprint density at radius 1 is 1.26 bits per heavy atom. The van der Waals surface area contributed by atoms with E-state index < -0.39 is 35.8 Å². The van der Waals surface area contributed by atoms with Crippen molar-refractivity contribution in [3.8, 4) is 0 Å². The summed E-state index contributed by atoms with van der Waals surface area (Å²) in [4.78, 5) is 25.7. The van der Waals surface area contributed by atoms with E-state index in [1.807, 2.05) is 5.32 Å². The molecule has 0 saturated carbocycles. The van der Waals surface area contributed by atoms with Crippen LogP contribution in [0.15, 0.2) is 18.2 Å². The molecule has 0 bridgehead atoms. The summed E-state index contributed by atoms with van der Waals surface area (Å²) < 4.78 is 51.6. The zero-order valence-corrected chi connectivity index (χ0v) is 12.0. The molecule has 1 aromatic carbocycles. The molecule has 0 radical (unpaired) electrons. The average molecular weight is 330 g/mol. The highest BCUT2D eigenvalue weighted by Crippen LogP contribution is 2.34. The number of hydrogen-bond donors (Lipinski definition) is 1. The molecule has 4 nitrogen and oxygen atoms in total. The van der Waals surface area contributed by atoms with Crippen molar-refractivity contribution in [3.05, 3.63) is 29.6 Å². The molecule has 2 heterocycles. The fourth-order valence-electron chi connectivity index (χ4n) is 3.10. The molecule has 124 valence electrons. The van der Waals surface area contributed by atoms with E-state index >= 15 is 0 Å². The zero-order valence-electron chi connectivity index (χ0n) is 12.0. The number of piperidine rings is 1. The smallest absolute Gasteiger partial charge is 0.344 e. The highest BCUT2D eigenvalue weighted by molar-refractivity contribution is 6.09. The van der Waals surface area contributed by atoms with E-state index in [9.17, 15) is 27.2 Å². The van der Waals surface area contributed by atoms with Gasteiger partial charge in [0.2, 0.25) is 11.8 Å². The van der Waals surface area contributed by atoms with Gasteiger partial charge in [-0.05, 0) is 31.4 Å². The number of alkyl halides is 3. The van der Waals surface area contributed by atoms with E-state index in [1.165, 1.54) is 17.0 Å². The molecular formula is C15H14F4N2O2. The highest BCUT2D eigenvalue weighted by Gasteiger charge is 2.47. The lowest BCUT2D eigenvalue weighted by atomic mass is 9.92. The number of benzene rings is 1. The zero-order chi connectivity index (χ0) is 16.8. The summed E-state index contributed by atoms with van der Waals surface area (Å²) in [6, 6.07) is 2.40. The van der Waals surface area contributed by atoms with E-state index in [-0.39, 0.29) is 19.4 Å². The standard InChI is InChI=1S/C15H14F4N2O2/c16-10-2-1-3-11-8(10)6-7-21(11)14(23)9-4-5-12(15(17,18)19)20-13(9)22/h1-3,9,12H,4-7H2,(H,20,22)/t9-,12-/m0/s1. The number of carbonyl (C=O) groups is 2. The van der Waals surface area contributed by atoms with Crippen LogP contribution >= 0.6 is 0 Å². The summed E-state index contributed by atoms with van der Waals surface area (Å²) in [6.07, 6.45) is -4.70. The molecule has 8 heteroatoms. The molecule has 2 atom stereocenters. The number of nitrogens with zero attached hydrogens (tertiary/aromatic N) is 1. The number of rotatable bonds is 1. The van der Waals surface area contributed by atoms with E-state index in [0.717, 1.165) is 0 Å². The van der Waals surface area contributed by atoms with Gasteiger partial charge < -0.3 is 10.2 Å². The van der Waals surface area contributed by atoms with Crippen LogP contribution in [0.25, 0.3) is 0 Å². The molecule has 0 aromatic heterocycles. The average Bonchev–Trinajstić information content (AvgIpc) is 2.91. The molecule has 0 spiro atoms. The summed E-state index contributed by atoms with van der Waals surface area (Å²) in [7, 11) is 0. The van der Waals surface area contributed by atoms with Crippen LogP contribution in [-0.2, 0) is 16.0 Å². The number of nitrogens with one attached hydrogen (secondary N) is 1. The molecule has 0 aliphatic carbocycles. The second-order valence-electron chi connectivity index (χ2n) is 5.71. The topological polar surface area (TPSA) is 49.4 Å². The van der Waals surface area contributed by atoms with E-state index in [4.69, 9.17) is 0 Å². The maximum absolute atomic E-state index is 13.7. The van der Waals surface area contributed by atoms with Crippen LogP contribution in [0.5, 0.6) is 0 Å². The summed E-state index contributed by atoms with van der Waals surface area (Å²) in [5, 5.41) is 1.86. The van der Waals surface area contributed by atoms with Gasteiger partial charge in [-0.1, -0.05) is 6.07 Å². The van der Waals surface area contributed by atoms with Gasteiger partial charge in [-0.25, -0.2) is 4.39 Å². The maximum Gasteiger partial charge on any atom is 0.408 e. The van der Waals surface area contributed by atoms with Crippen LogP contribution in [0.4, 0.5) is 23.2 Å². The van der Waals surface area contributed by atoms with Crippen molar-refractivity contribution in [2.24, 2.45) is 5.92 Å². The number of fused-ring (bicyclic) bond motifs is 1. The Labute approximate surface area is 129 Å². The Balaban J connectivity index is 1.76. The van der Waals surface area contributed by atoms with Crippen molar-refractivity contribution in [1.82, 2.24) is 5.32 Å². The predicted molar refractivity (Wildman–Crippen MR) is 73.2 cm³/mol. The first-order chi connectivity index (χ1) is 10.8. The maximum atomic E-state index is 13.7. The van der Waals surface area contributed by atoms with Crippen molar-refractivity contribution in [2.45, 2.75) is 31.5 Å². The highest BCUT2D eigenvalue weighted by atomic mass is 19.4. The molecule has 23 heavy (non-hydrogen) atoms. The predicted octanol–water partition coefficient (Wildman–Crippen LogP) is 2.17. The van der Waals surface area contributed by atoms with Crippen LogP contribution in [0.1, 0.15) is 18.4 Å². The number of hydrogen-bond acceptors (Lipinski definition) is 2. The molecule has 1 saturated heterocycles. The van der Waals surface area contributed by atoms with E-state index in [0.29, 0.717) is 17.7 Å². The Kier molecular flexibility index (Phi) is 3.77. The van der Waals surface area contributed by atoms with Gasteiger partial charge in [0.05, 0.1) is 0 Å². The largest absolute Gasteiger partial charge is 0.408 e. The molecular weight excluding hydrogens is 316 g/mol. The SMILES string of the molecule is O=C1N[C@H](C(F)(F)F)CC[C@@H]1C(=O)N1CCc2c(F)cccc21. The molecule has 3 rings (SSSR count). The third kappa shape index (κ3) is 2.77. The lowest BCUT2D eigenvalue weighted by molar-refractivity contribution is -0.171. The lowest BCUT2D eigenvalue weighted by Crippen LogP contribution is -2.55. The number of halogens is 4. The van der Waals surface area contributed by atoms with Gasteiger partial charge in [0.25, 0.3) is 0 Å². The number of amides is 2. The first-order valence-electron chi connectivity index (χ1n) is 7.25. The van der Waals surface area contributed by atoms with Gasteiger partial charge in [-0.2, -0.15) is 13.2 Å². The van der Waals surface area contributed by atoms with Gasteiger partial charge in [0.15, 0.2) is 0 Å². The van der Waals surface area contributed by atoms with Gasteiger partial charge in [-0.3, -0.25) is 9.59 Å². The second-order valence-corrected chi connectivity index (χ2v) is 5.71. The molecule has 0 unspecified atom stereocenters. The van der Waals surface area contributed by atoms with Crippen LogP contribution in [-0.4, -0.2) is 30.6 Å². The molecule has 1 aromatic rings. The summed E-state index contributed by atoms with van der Waals surface area (Å²) >= 11 is 0. The lowest BCUT2D eigenvalue weighted by Gasteiger charge is -2.31. The molecule has 1 fully saturated rings. The molecule has 2 amide bonds. The van der Waals surface area contributed by atoms with Crippen molar-refractivity contribution < 1.29 is 27.2 Å². The van der Waals surface area contributed by atoms with Crippen LogP contribution < -0.4 is 10.2 Å². The quantitative estimate of drug-likeness (QED) is 0.634. The Bertz CT molecular complexity index is 659. The third-order valence-corrected chi connectivity index (χ3v) is 4.31. The Hall–Kier alpha value is -2.12. The Morgan fingerprint density at radius 2 is 2.00 bits per heavy atom. The minimum Gasteiger partial charge on any atom is -0.344 e. The monoisotopic (exact) mass is 330 g/mol. The van der Waals surface area contributed by atoms with Crippen LogP contribution in [0, 0.1) is 11.7 Å². The van der Waals surface area contributed by atoms with Crippen molar-refractivity contribution >= 4 is 17.5 Å². The molecule has 2 aliphatic heterocycles. The van der Waals surface area contributed by atoms with Crippen molar-refractivity contribution in [2.75, 3.05) is 11.4 Å². The van der Waals surface area contributed by atoms with Gasteiger partial charge in [-0.15, -0.1) is 0 Å². The minimum atomic E-state index is -4.52. The van der Waals surface area contributed by atoms with Gasteiger partial charge >= 0.3 is 6.18 Å². The second kappa shape index (κ2) is 5.50. The van der Waals surface area contributed by atoms with E-state index in [2.05, 4.69) is 0 Å². The Morgan fingerprint density at radius 3 is 2.65 bits per heavy atom. The first-order valence-corrected chi connectivity index (χ1v) is 7.25. The molecule has 2 aliphatic rings. The van der Waals surface area contributed by atoms with Gasteiger partial charge in [0, 0.05) is 17.8 Å². The van der Waals surface area contributed by atoms with E-state index in [1.54, 1.807) is 6.07 Å². The van der Waals surface area contributed by atoms with Crippen LogP contribution in [0.2, 0.25) is 0 Å². The van der Waals surface area contributed by atoms with Crippen molar-refractivity contribution in [3.63, 3.8) is 0 Å². The minimum absolute atomic E-state index is 0.171. The fraction of sp³-hybridized carbons (Fsp3) is 0.467. The van der Waals surface area contributed by atoms with Gasteiger partial charge in [0.1, 0.15) is 17.8 Å². The normalized spacial score (nSPS) is 24.3. The van der Waals surface area contributed by atoms with Crippen LogP contribution in [0.3, 0.4) is 0 Å². The number of anilines is 1. The summed E-state index contributed by atoms with van der Waals surface area (Å²) in [5.74, 6) is -3.09. The summed E-state index contributed by atoms with van der Waals surface area (Å²) in [6.45, 7) is 0.224. The number of carbonyl (C=O) groups excluding carboxylic acids is 2. The fourth-order valence-corrected chi connectivity index (χ4v) is 3.10. The summed E-state index contributed by atoms with van der Waals surface area (Å²) in [5.41, 5.74) is 0.783.